The maximum Gasteiger partial charge on any atom is 0.433 e. The molecule has 1 aromatic rings. The highest BCUT2D eigenvalue weighted by Crippen LogP contribution is 2.34. The van der Waals surface area contributed by atoms with Crippen molar-refractivity contribution < 1.29 is 13.2 Å². The van der Waals surface area contributed by atoms with Crippen molar-refractivity contribution in [1.82, 2.24) is 4.98 Å². The monoisotopic (exact) mass is 260 g/mol. The first-order valence-electron chi connectivity index (χ1n) is 6.01. The van der Waals surface area contributed by atoms with Crippen LogP contribution in [0.15, 0.2) is 12.3 Å². The summed E-state index contributed by atoms with van der Waals surface area (Å²) >= 11 is 0. The van der Waals surface area contributed by atoms with E-state index < -0.39 is 11.9 Å². The molecule has 0 saturated carbocycles. The van der Waals surface area contributed by atoms with Gasteiger partial charge in [-0.1, -0.05) is 20.3 Å². The second-order valence-corrected chi connectivity index (χ2v) is 4.71. The third-order valence-electron chi connectivity index (χ3n) is 2.94. The van der Waals surface area contributed by atoms with Crippen LogP contribution in [0.5, 0.6) is 0 Å². The number of pyridine rings is 1. The average Bonchev–Trinajstić information content (AvgIpc) is 2.27. The van der Waals surface area contributed by atoms with E-state index in [-0.39, 0.29) is 5.92 Å². The third kappa shape index (κ3) is 3.37. The van der Waals surface area contributed by atoms with Gasteiger partial charge in [0.05, 0.1) is 0 Å². The van der Waals surface area contributed by atoms with Gasteiger partial charge in [0.25, 0.3) is 0 Å². The van der Waals surface area contributed by atoms with Crippen molar-refractivity contribution in [2.24, 2.45) is 0 Å². The van der Waals surface area contributed by atoms with Gasteiger partial charge in [0.1, 0.15) is 5.69 Å². The van der Waals surface area contributed by atoms with E-state index >= 15 is 0 Å². The number of alkyl halides is 3. The van der Waals surface area contributed by atoms with E-state index in [1.807, 2.05) is 6.92 Å². The van der Waals surface area contributed by atoms with Gasteiger partial charge in [0, 0.05) is 26.0 Å². The molecular formula is C13H19F3N2. The number of halogens is 3. The second-order valence-electron chi connectivity index (χ2n) is 4.71. The summed E-state index contributed by atoms with van der Waals surface area (Å²) in [5, 5.41) is 0. The van der Waals surface area contributed by atoms with Gasteiger partial charge >= 0.3 is 6.18 Å². The first-order valence-corrected chi connectivity index (χ1v) is 6.01. The molecule has 0 aliphatic rings. The zero-order valence-corrected chi connectivity index (χ0v) is 11.2. The lowest BCUT2D eigenvalue weighted by Crippen LogP contribution is -2.16. The largest absolute Gasteiger partial charge is 0.433 e. The summed E-state index contributed by atoms with van der Waals surface area (Å²) in [7, 11) is 3.50. The molecule has 2 nitrogen and oxygen atoms in total. The first-order chi connectivity index (χ1) is 8.27. The van der Waals surface area contributed by atoms with Crippen LogP contribution in [0.25, 0.3) is 0 Å². The Morgan fingerprint density at radius 1 is 1.33 bits per heavy atom. The molecule has 0 N–H and O–H groups in total. The molecule has 0 aliphatic heterocycles. The lowest BCUT2D eigenvalue weighted by molar-refractivity contribution is -0.141. The molecule has 5 heteroatoms. The van der Waals surface area contributed by atoms with Crippen molar-refractivity contribution >= 4 is 5.69 Å². The Hall–Kier alpha value is -1.26. The summed E-state index contributed by atoms with van der Waals surface area (Å²) in [4.78, 5) is 5.25. The molecule has 102 valence electrons. The van der Waals surface area contributed by atoms with Crippen molar-refractivity contribution in [3.05, 3.63) is 23.5 Å². The zero-order chi connectivity index (χ0) is 13.9. The van der Waals surface area contributed by atoms with Gasteiger partial charge in [0.2, 0.25) is 0 Å². The van der Waals surface area contributed by atoms with E-state index in [0.29, 0.717) is 5.69 Å². The van der Waals surface area contributed by atoms with Crippen LogP contribution in [0.1, 0.15) is 43.9 Å². The molecule has 0 fully saturated rings. The van der Waals surface area contributed by atoms with Gasteiger partial charge in [-0.05, 0) is 24.0 Å². The highest BCUT2D eigenvalue weighted by molar-refractivity contribution is 5.54. The quantitative estimate of drug-likeness (QED) is 0.811. The van der Waals surface area contributed by atoms with Crippen LogP contribution in [-0.2, 0) is 6.18 Å². The van der Waals surface area contributed by atoms with Crippen LogP contribution in [0.2, 0.25) is 0 Å². The minimum absolute atomic E-state index is 0.210. The van der Waals surface area contributed by atoms with Crippen LogP contribution < -0.4 is 4.90 Å². The molecule has 1 heterocycles. The van der Waals surface area contributed by atoms with Gasteiger partial charge in [-0.25, -0.2) is 0 Å². The number of hydrogen-bond acceptors (Lipinski definition) is 2. The maximum atomic E-state index is 12.6. The summed E-state index contributed by atoms with van der Waals surface area (Å²) in [5.41, 5.74) is 0.631. The van der Waals surface area contributed by atoms with Gasteiger partial charge in [-0.3, -0.25) is 4.98 Å². The fraction of sp³-hybridized carbons (Fsp3) is 0.615. The molecule has 0 saturated heterocycles. The van der Waals surface area contributed by atoms with Gasteiger partial charge in [-0.2, -0.15) is 13.2 Å². The summed E-state index contributed by atoms with van der Waals surface area (Å²) in [6.45, 7) is 4.07. The number of rotatable bonds is 4. The summed E-state index contributed by atoms with van der Waals surface area (Å²) in [6, 6.07) is 1.13. The third-order valence-corrected chi connectivity index (χ3v) is 2.94. The van der Waals surface area contributed by atoms with Crippen molar-refractivity contribution in [3.8, 4) is 0 Å². The molecule has 0 aliphatic carbocycles. The number of hydrogen-bond donors (Lipinski definition) is 0. The van der Waals surface area contributed by atoms with Crippen molar-refractivity contribution in [2.45, 2.75) is 38.8 Å². The van der Waals surface area contributed by atoms with Crippen molar-refractivity contribution in [2.75, 3.05) is 19.0 Å². The van der Waals surface area contributed by atoms with Gasteiger partial charge < -0.3 is 4.90 Å². The molecular weight excluding hydrogens is 241 g/mol. The number of aromatic nitrogens is 1. The van der Waals surface area contributed by atoms with Crippen molar-refractivity contribution in [3.63, 3.8) is 0 Å². The van der Waals surface area contributed by atoms with E-state index in [0.717, 1.165) is 24.5 Å². The predicted molar refractivity (Wildman–Crippen MR) is 66.9 cm³/mol. The van der Waals surface area contributed by atoms with E-state index in [4.69, 9.17) is 0 Å². The molecule has 0 amide bonds. The molecule has 1 unspecified atom stereocenters. The smallest absolute Gasteiger partial charge is 0.377 e. The minimum Gasteiger partial charge on any atom is -0.377 e. The van der Waals surface area contributed by atoms with Crippen LogP contribution in [0.4, 0.5) is 18.9 Å². The lowest BCUT2D eigenvalue weighted by atomic mass is 9.96. The molecule has 0 bridgehead atoms. The van der Waals surface area contributed by atoms with Crippen LogP contribution in [-0.4, -0.2) is 19.1 Å². The van der Waals surface area contributed by atoms with E-state index in [9.17, 15) is 13.2 Å². The van der Waals surface area contributed by atoms with Crippen LogP contribution in [0.3, 0.4) is 0 Å². The second kappa shape index (κ2) is 5.59. The predicted octanol–water partition coefficient (Wildman–Crippen LogP) is 4.07. The van der Waals surface area contributed by atoms with E-state index in [1.54, 1.807) is 19.0 Å². The summed E-state index contributed by atoms with van der Waals surface area (Å²) in [6.07, 6.45) is -1.10. The Kier molecular flexibility index (Phi) is 4.59. The molecule has 1 rings (SSSR count). The number of anilines is 1. The van der Waals surface area contributed by atoms with Gasteiger partial charge in [-0.15, -0.1) is 0 Å². The highest BCUT2D eigenvalue weighted by Gasteiger charge is 2.33. The van der Waals surface area contributed by atoms with Crippen LogP contribution in [0, 0.1) is 0 Å². The molecule has 0 radical (unpaired) electrons. The summed E-state index contributed by atoms with van der Waals surface area (Å²) in [5.74, 6) is 0.210. The Labute approximate surface area is 106 Å². The Morgan fingerprint density at radius 2 is 1.94 bits per heavy atom. The van der Waals surface area contributed by atoms with E-state index in [1.165, 1.54) is 6.20 Å². The SMILES string of the molecule is CCCC(C)c1cnc(C(F)(F)F)cc1N(C)C. The Morgan fingerprint density at radius 3 is 2.39 bits per heavy atom. The highest BCUT2D eigenvalue weighted by atomic mass is 19.4. The van der Waals surface area contributed by atoms with Gasteiger partial charge in [0.15, 0.2) is 0 Å². The Balaban J connectivity index is 3.21. The molecule has 0 spiro atoms. The first kappa shape index (κ1) is 14.8. The standard InChI is InChI=1S/C13H19F3N2/c1-5-6-9(2)10-8-17-12(13(14,15)16)7-11(10)18(3)4/h7-9H,5-6H2,1-4H3. The average molecular weight is 260 g/mol. The van der Waals surface area contributed by atoms with Crippen LogP contribution >= 0.6 is 0 Å². The fourth-order valence-electron chi connectivity index (χ4n) is 1.97. The zero-order valence-electron chi connectivity index (χ0n) is 11.2. The van der Waals surface area contributed by atoms with Crippen molar-refractivity contribution in [1.29, 1.82) is 0 Å². The molecule has 1 aromatic heterocycles. The number of nitrogens with zero attached hydrogens (tertiary/aromatic N) is 2. The normalized spacial score (nSPS) is 13.5. The molecule has 18 heavy (non-hydrogen) atoms. The lowest BCUT2D eigenvalue weighted by Gasteiger charge is -2.22. The van der Waals surface area contributed by atoms with E-state index in [2.05, 4.69) is 11.9 Å². The maximum absolute atomic E-state index is 12.6. The topological polar surface area (TPSA) is 16.1 Å². The molecule has 1 atom stereocenters. The molecule has 0 aromatic carbocycles. The minimum atomic E-state index is -4.39. The Bertz CT molecular complexity index is 400. The summed E-state index contributed by atoms with van der Waals surface area (Å²) < 4.78 is 37.9. The fourth-order valence-corrected chi connectivity index (χ4v) is 1.97.